The normalized spacial score (nSPS) is 33.5. The van der Waals surface area contributed by atoms with Gasteiger partial charge in [-0.25, -0.2) is 0 Å². The maximum atomic E-state index is 6.57. The first-order valence-corrected chi connectivity index (χ1v) is 8.20. The summed E-state index contributed by atoms with van der Waals surface area (Å²) < 4.78 is 12.0. The van der Waals surface area contributed by atoms with Crippen LogP contribution in [0, 0.1) is 5.92 Å². The van der Waals surface area contributed by atoms with Gasteiger partial charge in [-0.3, -0.25) is 0 Å². The van der Waals surface area contributed by atoms with Gasteiger partial charge in [-0.05, 0) is 57.4 Å². The smallest absolute Gasteiger partial charge is 0.0810 e. The van der Waals surface area contributed by atoms with E-state index in [1.165, 1.54) is 32.1 Å². The van der Waals surface area contributed by atoms with Crippen LogP contribution in [-0.4, -0.2) is 38.0 Å². The molecule has 1 aliphatic heterocycles. The van der Waals surface area contributed by atoms with Crippen LogP contribution in [0.5, 0.6) is 0 Å². The van der Waals surface area contributed by atoms with E-state index in [4.69, 9.17) is 9.47 Å². The zero-order valence-corrected chi connectivity index (χ0v) is 12.7. The summed E-state index contributed by atoms with van der Waals surface area (Å²) in [5.41, 5.74) is 0.101. The quantitative estimate of drug-likeness (QED) is 0.752. The van der Waals surface area contributed by atoms with Gasteiger partial charge in [0.05, 0.1) is 11.7 Å². The van der Waals surface area contributed by atoms with Crippen LogP contribution in [0.25, 0.3) is 0 Å². The molecule has 19 heavy (non-hydrogen) atoms. The largest absolute Gasteiger partial charge is 0.381 e. The van der Waals surface area contributed by atoms with Gasteiger partial charge in [-0.15, -0.1) is 0 Å². The molecule has 1 saturated carbocycles. The summed E-state index contributed by atoms with van der Waals surface area (Å²) >= 11 is 0. The average Bonchev–Trinajstić information content (AvgIpc) is 2.44. The van der Waals surface area contributed by atoms with Crippen molar-refractivity contribution in [3.05, 3.63) is 0 Å². The van der Waals surface area contributed by atoms with Gasteiger partial charge in [-0.2, -0.15) is 0 Å². The molecule has 3 heteroatoms. The average molecular weight is 269 g/mol. The third-order valence-corrected chi connectivity index (χ3v) is 4.64. The molecule has 0 bridgehead atoms. The Labute approximate surface area is 118 Å². The maximum absolute atomic E-state index is 6.57. The standard InChI is InChI=1S/C16H31NO2/c1-3-10-17-13-16(8-4-14(2)5-9-16)19-15-6-11-18-12-7-15/h14-15,17H,3-13H2,1-2H3. The molecule has 2 fully saturated rings. The second-order valence-electron chi connectivity index (χ2n) is 6.47. The Morgan fingerprint density at radius 3 is 2.47 bits per heavy atom. The highest BCUT2D eigenvalue weighted by Crippen LogP contribution is 2.36. The van der Waals surface area contributed by atoms with E-state index in [-0.39, 0.29) is 5.60 Å². The third-order valence-electron chi connectivity index (χ3n) is 4.64. The van der Waals surface area contributed by atoms with Gasteiger partial charge < -0.3 is 14.8 Å². The van der Waals surface area contributed by atoms with Crippen molar-refractivity contribution in [3.63, 3.8) is 0 Å². The molecule has 0 aromatic carbocycles. The summed E-state index contributed by atoms with van der Waals surface area (Å²) in [6.07, 6.45) is 8.85. The molecule has 2 rings (SSSR count). The van der Waals surface area contributed by atoms with Gasteiger partial charge in [0.1, 0.15) is 0 Å². The highest BCUT2D eigenvalue weighted by Gasteiger charge is 2.37. The van der Waals surface area contributed by atoms with Gasteiger partial charge in [-0.1, -0.05) is 13.8 Å². The van der Waals surface area contributed by atoms with E-state index in [1.807, 2.05) is 0 Å². The Bertz CT molecular complexity index is 243. The minimum atomic E-state index is 0.101. The summed E-state index contributed by atoms with van der Waals surface area (Å²) in [7, 11) is 0. The van der Waals surface area contributed by atoms with Crippen LogP contribution < -0.4 is 5.32 Å². The minimum absolute atomic E-state index is 0.101. The Morgan fingerprint density at radius 2 is 1.84 bits per heavy atom. The van der Waals surface area contributed by atoms with Crippen molar-refractivity contribution in [2.45, 2.75) is 70.5 Å². The maximum Gasteiger partial charge on any atom is 0.0810 e. The molecule has 0 unspecified atom stereocenters. The van der Waals surface area contributed by atoms with E-state index in [0.29, 0.717) is 6.10 Å². The second kappa shape index (κ2) is 7.61. The minimum Gasteiger partial charge on any atom is -0.381 e. The van der Waals surface area contributed by atoms with Crippen LogP contribution in [0.15, 0.2) is 0 Å². The van der Waals surface area contributed by atoms with Crippen molar-refractivity contribution in [1.29, 1.82) is 0 Å². The first-order chi connectivity index (χ1) is 9.24. The van der Waals surface area contributed by atoms with E-state index in [2.05, 4.69) is 19.2 Å². The first kappa shape index (κ1) is 15.3. The summed E-state index contributed by atoms with van der Waals surface area (Å²) in [5.74, 6) is 0.873. The molecule has 0 radical (unpaired) electrons. The van der Waals surface area contributed by atoms with Crippen LogP contribution in [-0.2, 0) is 9.47 Å². The zero-order chi connectivity index (χ0) is 13.6. The summed E-state index contributed by atoms with van der Waals surface area (Å²) in [5, 5.41) is 3.59. The fraction of sp³-hybridized carbons (Fsp3) is 1.00. The Kier molecular flexibility index (Phi) is 6.11. The van der Waals surface area contributed by atoms with Crippen molar-refractivity contribution in [3.8, 4) is 0 Å². The fourth-order valence-corrected chi connectivity index (χ4v) is 3.26. The van der Waals surface area contributed by atoms with E-state index in [1.54, 1.807) is 0 Å². The fourth-order valence-electron chi connectivity index (χ4n) is 3.26. The lowest BCUT2D eigenvalue weighted by Crippen LogP contribution is -2.48. The Hall–Kier alpha value is -0.120. The van der Waals surface area contributed by atoms with Crippen molar-refractivity contribution in [2.24, 2.45) is 5.92 Å². The van der Waals surface area contributed by atoms with Crippen LogP contribution >= 0.6 is 0 Å². The van der Waals surface area contributed by atoms with Crippen molar-refractivity contribution >= 4 is 0 Å². The van der Waals surface area contributed by atoms with Gasteiger partial charge >= 0.3 is 0 Å². The molecule has 1 aliphatic carbocycles. The number of hydrogen-bond acceptors (Lipinski definition) is 3. The SMILES string of the molecule is CCCNCC1(OC2CCOCC2)CCC(C)CC1. The number of rotatable bonds is 6. The third kappa shape index (κ3) is 4.73. The zero-order valence-electron chi connectivity index (χ0n) is 12.7. The van der Waals surface area contributed by atoms with E-state index in [0.717, 1.165) is 45.1 Å². The number of ether oxygens (including phenoxy) is 2. The van der Waals surface area contributed by atoms with Gasteiger partial charge in [0, 0.05) is 19.8 Å². The molecular weight excluding hydrogens is 238 g/mol. The lowest BCUT2D eigenvalue weighted by atomic mass is 9.79. The highest BCUT2D eigenvalue weighted by molar-refractivity contribution is 4.90. The second-order valence-corrected chi connectivity index (χ2v) is 6.47. The molecule has 3 nitrogen and oxygen atoms in total. The molecule has 1 saturated heterocycles. The van der Waals surface area contributed by atoms with E-state index < -0.39 is 0 Å². The van der Waals surface area contributed by atoms with Crippen LogP contribution in [0.4, 0.5) is 0 Å². The van der Waals surface area contributed by atoms with Gasteiger partial charge in [0.2, 0.25) is 0 Å². The van der Waals surface area contributed by atoms with Crippen molar-refractivity contribution in [1.82, 2.24) is 5.32 Å². The highest BCUT2D eigenvalue weighted by atomic mass is 16.5. The lowest BCUT2D eigenvalue weighted by Gasteiger charge is -2.43. The summed E-state index contributed by atoms with van der Waals surface area (Å²) in [4.78, 5) is 0. The molecule has 0 atom stereocenters. The molecular formula is C16H31NO2. The molecule has 1 heterocycles. The van der Waals surface area contributed by atoms with Crippen LogP contribution in [0.1, 0.15) is 58.8 Å². The van der Waals surface area contributed by atoms with E-state index in [9.17, 15) is 0 Å². The molecule has 1 N–H and O–H groups in total. The van der Waals surface area contributed by atoms with Crippen LogP contribution in [0.2, 0.25) is 0 Å². The van der Waals surface area contributed by atoms with Crippen molar-refractivity contribution < 1.29 is 9.47 Å². The molecule has 0 aromatic rings. The topological polar surface area (TPSA) is 30.5 Å². The number of hydrogen-bond donors (Lipinski definition) is 1. The summed E-state index contributed by atoms with van der Waals surface area (Å²) in [6.45, 7) is 8.48. The predicted molar refractivity (Wildman–Crippen MR) is 78.4 cm³/mol. The first-order valence-electron chi connectivity index (χ1n) is 8.20. The Balaban J connectivity index is 1.88. The predicted octanol–water partition coefficient (Wildman–Crippen LogP) is 3.13. The molecule has 0 amide bonds. The molecule has 2 aliphatic rings. The molecule has 0 aromatic heterocycles. The monoisotopic (exact) mass is 269 g/mol. The van der Waals surface area contributed by atoms with Crippen LogP contribution in [0.3, 0.4) is 0 Å². The summed E-state index contributed by atoms with van der Waals surface area (Å²) in [6, 6.07) is 0. The Morgan fingerprint density at radius 1 is 1.16 bits per heavy atom. The molecule has 112 valence electrons. The van der Waals surface area contributed by atoms with E-state index >= 15 is 0 Å². The molecule has 0 spiro atoms. The lowest BCUT2D eigenvalue weighted by molar-refractivity contribution is -0.142. The van der Waals surface area contributed by atoms with Crippen molar-refractivity contribution in [2.75, 3.05) is 26.3 Å². The number of nitrogens with one attached hydrogen (secondary N) is 1. The van der Waals surface area contributed by atoms with Gasteiger partial charge in [0.15, 0.2) is 0 Å². The van der Waals surface area contributed by atoms with Gasteiger partial charge in [0.25, 0.3) is 0 Å².